The Bertz CT molecular complexity index is 1320. The molecule has 0 aliphatic heterocycles. The van der Waals surface area contributed by atoms with Gasteiger partial charge in [0.05, 0.1) is 19.6 Å². The second-order valence-corrected chi connectivity index (χ2v) is 9.36. The zero-order valence-corrected chi connectivity index (χ0v) is 24.4. The fourth-order valence-corrected chi connectivity index (χ4v) is 4.30. The van der Waals surface area contributed by atoms with E-state index in [-0.39, 0.29) is 18.4 Å². The minimum absolute atomic E-state index is 0. The Morgan fingerprint density at radius 1 is 0.756 bits per heavy atom. The molecule has 0 saturated carbocycles. The van der Waals surface area contributed by atoms with E-state index in [9.17, 15) is 4.79 Å². The molecular weight excluding hydrogens is 538 g/mol. The highest BCUT2D eigenvalue weighted by Crippen LogP contribution is 2.33. The second kappa shape index (κ2) is 17.0. The van der Waals surface area contributed by atoms with Crippen LogP contribution in [0, 0.1) is 0 Å². The number of halogens is 1. The van der Waals surface area contributed by atoms with Crippen LogP contribution < -0.4 is 19.5 Å². The molecule has 0 spiro atoms. The zero-order valence-electron chi connectivity index (χ0n) is 23.6. The van der Waals surface area contributed by atoms with E-state index in [0.717, 1.165) is 35.4 Å². The van der Waals surface area contributed by atoms with Crippen LogP contribution in [-0.2, 0) is 29.2 Å². The van der Waals surface area contributed by atoms with E-state index in [1.165, 1.54) is 5.56 Å². The first-order chi connectivity index (χ1) is 19.7. The van der Waals surface area contributed by atoms with E-state index in [1.54, 1.807) is 7.11 Å². The highest BCUT2D eigenvalue weighted by Gasteiger charge is 2.23. The van der Waals surface area contributed by atoms with Gasteiger partial charge in [0.1, 0.15) is 19.0 Å². The summed E-state index contributed by atoms with van der Waals surface area (Å²) in [6, 6.07) is 33.7. The minimum Gasteiger partial charge on any atom is -0.497 e. The number of rotatable bonds is 15. The van der Waals surface area contributed by atoms with Gasteiger partial charge in [-0.25, -0.2) is 0 Å². The highest BCUT2D eigenvalue weighted by atomic mass is 35.5. The summed E-state index contributed by atoms with van der Waals surface area (Å²) in [7, 11) is 1.66. The molecule has 216 valence electrons. The third-order valence-electron chi connectivity index (χ3n) is 6.51. The fraction of sp³-hybridized carbons (Fsp3) is 0.265. The predicted octanol–water partition coefficient (Wildman–Crippen LogP) is 6.75. The molecule has 0 aromatic heterocycles. The Morgan fingerprint density at radius 3 is 1.95 bits per heavy atom. The Kier molecular flexibility index (Phi) is 13.0. The van der Waals surface area contributed by atoms with Crippen molar-refractivity contribution in [3.63, 3.8) is 0 Å². The molecule has 0 fully saturated rings. The number of carbonyl (C=O) groups is 1. The van der Waals surface area contributed by atoms with Gasteiger partial charge in [-0.15, -0.1) is 12.4 Å². The summed E-state index contributed by atoms with van der Waals surface area (Å²) in [5, 5.41) is 3.43. The smallest absolute Gasteiger partial charge is 0.314 e. The lowest BCUT2D eigenvalue weighted by molar-refractivity contribution is -0.144. The third-order valence-corrected chi connectivity index (χ3v) is 6.51. The molecule has 0 radical (unpaired) electrons. The lowest BCUT2D eigenvalue weighted by Crippen LogP contribution is -2.29. The second-order valence-electron chi connectivity index (χ2n) is 9.36. The molecule has 4 aromatic carbocycles. The topological polar surface area (TPSA) is 66.0 Å². The molecule has 0 aliphatic carbocycles. The Labute approximate surface area is 249 Å². The summed E-state index contributed by atoms with van der Waals surface area (Å²) in [6.45, 7) is 4.10. The van der Waals surface area contributed by atoms with Gasteiger partial charge in [0.15, 0.2) is 11.5 Å². The van der Waals surface area contributed by atoms with Gasteiger partial charge in [-0.1, -0.05) is 78.9 Å². The van der Waals surface area contributed by atoms with Crippen molar-refractivity contribution < 1.29 is 23.7 Å². The van der Waals surface area contributed by atoms with Crippen molar-refractivity contribution in [2.24, 2.45) is 0 Å². The molecule has 41 heavy (non-hydrogen) atoms. The van der Waals surface area contributed by atoms with Gasteiger partial charge in [0.25, 0.3) is 0 Å². The summed E-state index contributed by atoms with van der Waals surface area (Å²) in [5.41, 5.74) is 4.11. The molecule has 7 heteroatoms. The monoisotopic (exact) mass is 575 g/mol. The van der Waals surface area contributed by atoms with Crippen molar-refractivity contribution in [1.29, 1.82) is 0 Å². The standard InChI is InChI=1S/C34H37NO5.ClH/c1-3-38-34(36)31(23-35-21-20-26-14-17-30(37-2)18-15-26)29-16-19-32(39-24-27-10-6-4-7-11-27)33(22-29)40-25-28-12-8-5-9-13-28;/h4-19,22,31,35H,3,20-21,23-25H2,1-2H3;1H. The summed E-state index contributed by atoms with van der Waals surface area (Å²) in [4.78, 5) is 13.0. The summed E-state index contributed by atoms with van der Waals surface area (Å²) in [6.07, 6.45) is 0.831. The molecule has 0 bridgehead atoms. The average Bonchev–Trinajstić information content (AvgIpc) is 3.00. The van der Waals surface area contributed by atoms with Crippen molar-refractivity contribution in [3.8, 4) is 17.2 Å². The van der Waals surface area contributed by atoms with Gasteiger partial charge in [-0.05, 0) is 66.4 Å². The van der Waals surface area contributed by atoms with Gasteiger partial charge in [0, 0.05) is 6.54 Å². The van der Waals surface area contributed by atoms with Crippen LogP contribution in [0.25, 0.3) is 0 Å². The summed E-state index contributed by atoms with van der Waals surface area (Å²) in [5.74, 6) is 1.29. The highest BCUT2D eigenvalue weighted by molar-refractivity contribution is 5.85. The van der Waals surface area contributed by atoms with Gasteiger partial charge < -0.3 is 24.3 Å². The summed E-state index contributed by atoms with van der Waals surface area (Å²) < 4.78 is 23.1. The van der Waals surface area contributed by atoms with Crippen LogP contribution in [0.1, 0.15) is 35.1 Å². The van der Waals surface area contributed by atoms with Crippen LogP contribution in [0.15, 0.2) is 103 Å². The van der Waals surface area contributed by atoms with Crippen molar-refractivity contribution >= 4 is 18.4 Å². The van der Waals surface area contributed by atoms with E-state index < -0.39 is 5.92 Å². The molecule has 0 aliphatic rings. The first-order valence-electron chi connectivity index (χ1n) is 13.6. The van der Waals surface area contributed by atoms with Gasteiger partial charge in [0.2, 0.25) is 0 Å². The maximum absolute atomic E-state index is 13.0. The number of ether oxygens (including phenoxy) is 4. The SMILES string of the molecule is CCOC(=O)C(CNCCc1ccc(OC)cc1)c1ccc(OCc2ccccc2)c(OCc2ccccc2)c1.Cl. The van der Waals surface area contributed by atoms with Crippen LogP contribution in [0.3, 0.4) is 0 Å². The van der Waals surface area contributed by atoms with E-state index >= 15 is 0 Å². The van der Waals surface area contributed by atoms with Crippen LogP contribution in [-0.4, -0.2) is 32.8 Å². The van der Waals surface area contributed by atoms with Gasteiger partial charge >= 0.3 is 5.97 Å². The van der Waals surface area contributed by atoms with E-state index in [1.807, 2.05) is 110 Å². The van der Waals surface area contributed by atoms with Crippen LogP contribution in [0.4, 0.5) is 0 Å². The van der Waals surface area contributed by atoms with Crippen LogP contribution >= 0.6 is 12.4 Å². The van der Waals surface area contributed by atoms with Gasteiger partial charge in [-0.3, -0.25) is 4.79 Å². The molecule has 4 rings (SSSR count). The van der Waals surface area contributed by atoms with Crippen molar-refractivity contribution in [3.05, 3.63) is 125 Å². The fourth-order valence-electron chi connectivity index (χ4n) is 4.30. The molecule has 6 nitrogen and oxygen atoms in total. The third kappa shape index (κ3) is 9.85. The molecule has 1 atom stereocenters. The van der Waals surface area contributed by atoms with Crippen LogP contribution in [0.5, 0.6) is 17.2 Å². The number of methoxy groups -OCH3 is 1. The zero-order chi connectivity index (χ0) is 28.0. The molecule has 1 unspecified atom stereocenters. The normalized spacial score (nSPS) is 11.2. The molecule has 0 saturated heterocycles. The molecule has 4 aromatic rings. The maximum Gasteiger partial charge on any atom is 0.314 e. The van der Waals surface area contributed by atoms with Gasteiger partial charge in [-0.2, -0.15) is 0 Å². The Morgan fingerprint density at radius 2 is 1.37 bits per heavy atom. The Balaban J connectivity index is 0.00000462. The van der Waals surface area contributed by atoms with Crippen molar-refractivity contribution in [2.75, 3.05) is 26.8 Å². The predicted molar refractivity (Wildman–Crippen MR) is 164 cm³/mol. The number of esters is 1. The minimum atomic E-state index is -0.488. The Hall–Kier alpha value is -4.00. The number of nitrogens with one attached hydrogen (secondary N) is 1. The number of hydrogen-bond donors (Lipinski definition) is 1. The number of carbonyl (C=O) groups excluding carboxylic acids is 1. The molecule has 0 heterocycles. The molecular formula is C34H38ClNO5. The maximum atomic E-state index is 13.0. The average molecular weight is 576 g/mol. The largest absolute Gasteiger partial charge is 0.497 e. The van der Waals surface area contributed by atoms with Crippen molar-refractivity contribution in [2.45, 2.75) is 32.5 Å². The quantitative estimate of drug-likeness (QED) is 0.125. The molecule has 1 N–H and O–H groups in total. The van der Waals surface area contributed by atoms with Crippen molar-refractivity contribution in [1.82, 2.24) is 5.32 Å². The van der Waals surface area contributed by atoms with Crippen LogP contribution in [0.2, 0.25) is 0 Å². The molecule has 0 amide bonds. The first-order valence-corrected chi connectivity index (χ1v) is 13.6. The summed E-state index contributed by atoms with van der Waals surface area (Å²) >= 11 is 0. The lowest BCUT2D eigenvalue weighted by atomic mass is 9.98. The first kappa shape index (κ1) is 31.5. The van der Waals surface area contributed by atoms with E-state index in [0.29, 0.717) is 37.9 Å². The number of benzene rings is 4. The van der Waals surface area contributed by atoms with E-state index in [4.69, 9.17) is 18.9 Å². The lowest BCUT2D eigenvalue weighted by Gasteiger charge is -2.20. The number of hydrogen-bond acceptors (Lipinski definition) is 6. The van der Waals surface area contributed by atoms with E-state index in [2.05, 4.69) is 5.32 Å².